The molecule has 9 heteroatoms. The van der Waals surface area contributed by atoms with Crippen molar-refractivity contribution in [2.75, 3.05) is 30.0 Å². The topological polar surface area (TPSA) is 97.5 Å². The van der Waals surface area contributed by atoms with Crippen LogP contribution in [0.5, 0.6) is 5.75 Å². The predicted molar refractivity (Wildman–Crippen MR) is 128 cm³/mol. The van der Waals surface area contributed by atoms with Gasteiger partial charge < -0.3 is 15.4 Å². The number of anilines is 2. The number of aromatic nitrogens is 3. The third-order valence-corrected chi connectivity index (χ3v) is 6.38. The summed E-state index contributed by atoms with van der Waals surface area (Å²) in [7, 11) is 1.49. The first-order valence-electron chi connectivity index (χ1n) is 11.4. The van der Waals surface area contributed by atoms with E-state index >= 15 is 0 Å². The van der Waals surface area contributed by atoms with E-state index in [2.05, 4.69) is 23.7 Å². The van der Waals surface area contributed by atoms with Crippen molar-refractivity contribution in [1.29, 1.82) is 0 Å². The first kappa shape index (κ1) is 22.2. The Kier molecular flexibility index (Phi) is 5.65. The fraction of sp³-hybridized carbons (Fsp3) is 0.360. The standard InChI is InChI=1S/C25H27FN6O2/c1-14(2)19-11-21(30-25(29-19)31-10-8-15(27)12-31)32-13-17-16(24(32)33)7-9-28-23(17)22-18(26)5-4-6-20(22)34-3/h4-7,9,11,14-15H,8,10,12-13,27H2,1-3H3/t15-/m1/s1. The molecule has 5 rings (SSSR count). The molecule has 0 aliphatic carbocycles. The van der Waals surface area contributed by atoms with Gasteiger partial charge in [-0.3, -0.25) is 14.7 Å². The van der Waals surface area contributed by atoms with Crippen molar-refractivity contribution in [3.05, 3.63) is 59.2 Å². The van der Waals surface area contributed by atoms with Gasteiger partial charge in [-0.25, -0.2) is 9.37 Å². The number of nitrogens with two attached hydrogens (primary N) is 1. The second kappa shape index (κ2) is 8.64. The molecular weight excluding hydrogens is 435 g/mol. The molecule has 1 saturated heterocycles. The van der Waals surface area contributed by atoms with Crippen LogP contribution in [-0.4, -0.2) is 47.1 Å². The number of amides is 1. The van der Waals surface area contributed by atoms with Gasteiger partial charge in [0.05, 0.1) is 30.6 Å². The van der Waals surface area contributed by atoms with Crippen LogP contribution in [0.25, 0.3) is 11.3 Å². The molecule has 34 heavy (non-hydrogen) atoms. The molecule has 4 heterocycles. The van der Waals surface area contributed by atoms with E-state index in [1.165, 1.54) is 19.4 Å². The van der Waals surface area contributed by atoms with Gasteiger partial charge in [-0.2, -0.15) is 4.98 Å². The van der Waals surface area contributed by atoms with Crippen LogP contribution in [0.2, 0.25) is 0 Å². The van der Waals surface area contributed by atoms with Crippen molar-refractivity contribution in [3.63, 3.8) is 0 Å². The van der Waals surface area contributed by atoms with Crippen molar-refractivity contribution < 1.29 is 13.9 Å². The Morgan fingerprint density at radius 3 is 2.76 bits per heavy atom. The van der Waals surface area contributed by atoms with Crippen LogP contribution < -0.4 is 20.3 Å². The van der Waals surface area contributed by atoms with Gasteiger partial charge in [0.1, 0.15) is 17.4 Å². The number of halogens is 1. The monoisotopic (exact) mass is 462 g/mol. The lowest BCUT2D eigenvalue weighted by molar-refractivity contribution is 0.0996. The van der Waals surface area contributed by atoms with Crippen LogP contribution in [0.3, 0.4) is 0 Å². The molecule has 2 aliphatic heterocycles. The Hall–Kier alpha value is -3.59. The summed E-state index contributed by atoms with van der Waals surface area (Å²) in [6, 6.07) is 8.22. The molecule has 2 aromatic heterocycles. The molecule has 1 atom stereocenters. The average Bonchev–Trinajstić information content (AvgIpc) is 3.42. The van der Waals surface area contributed by atoms with E-state index in [1.807, 2.05) is 6.07 Å². The molecule has 2 aliphatic rings. The molecule has 0 unspecified atom stereocenters. The van der Waals surface area contributed by atoms with Crippen molar-refractivity contribution in [2.24, 2.45) is 5.73 Å². The van der Waals surface area contributed by atoms with Crippen LogP contribution >= 0.6 is 0 Å². The highest BCUT2D eigenvalue weighted by molar-refractivity contribution is 6.10. The fourth-order valence-electron chi connectivity index (χ4n) is 4.52. The summed E-state index contributed by atoms with van der Waals surface area (Å²) < 4.78 is 20.2. The zero-order chi connectivity index (χ0) is 24.0. The molecule has 3 aromatic rings. The number of hydrogen-bond donors (Lipinski definition) is 1. The number of ether oxygens (including phenoxy) is 1. The average molecular weight is 463 g/mol. The van der Waals surface area contributed by atoms with Crippen LogP contribution in [0.4, 0.5) is 16.2 Å². The van der Waals surface area contributed by atoms with E-state index in [9.17, 15) is 9.18 Å². The van der Waals surface area contributed by atoms with E-state index in [0.717, 1.165) is 18.7 Å². The van der Waals surface area contributed by atoms with Crippen LogP contribution in [0.1, 0.15) is 47.8 Å². The number of carbonyl (C=O) groups excluding carboxylic acids is 1. The lowest BCUT2D eigenvalue weighted by Gasteiger charge is -2.22. The highest BCUT2D eigenvalue weighted by Gasteiger charge is 2.34. The molecular formula is C25H27FN6O2. The van der Waals surface area contributed by atoms with E-state index in [-0.39, 0.29) is 30.0 Å². The van der Waals surface area contributed by atoms with Gasteiger partial charge >= 0.3 is 0 Å². The second-order valence-electron chi connectivity index (χ2n) is 8.99. The number of carbonyl (C=O) groups is 1. The number of benzene rings is 1. The van der Waals surface area contributed by atoms with Crippen molar-refractivity contribution in [2.45, 2.75) is 38.8 Å². The number of rotatable bonds is 5. The van der Waals surface area contributed by atoms with Gasteiger partial charge in [0.15, 0.2) is 0 Å². The first-order chi connectivity index (χ1) is 16.4. The summed E-state index contributed by atoms with van der Waals surface area (Å²) in [5.41, 5.74) is 8.70. The third kappa shape index (κ3) is 3.75. The Bertz CT molecular complexity index is 1260. The Labute approximate surface area is 197 Å². The van der Waals surface area contributed by atoms with Crippen LogP contribution in [0, 0.1) is 5.82 Å². The summed E-state index contributed by atoms with van der Waals surface area (Å²) in [5, 5.41) is 0. The minimum absolute atomic E-state index is 0.0804. The van der Waals surface area contributed by atoms with Crippen molar-refractivity contribution >= 4 is 17.7 Å². The third-order valence-electron chi connectivity index (χ3n) is 6.38. The van der Waals surface area contributed by atoms with Crippen molar-refractivity contribution in [1.82, 2.24) is 15.0 Å². The molecule has 0 saturated carbocycles. The largest absolute Gasteiger partial charge is 0.496 e. The maximum atomic E-state index is 14.9. The number of fused-ring (bicyclic) bond motifs is 1. The SMILES string of the molecule is COc1cccc(F)c1-c1nccc2c1CN(c1cc(C(C)C)nc(N3CC[C@@H](N)C3)n1)C2=O. The Balaban J connectivity index is 1.58. The zero-order valence-electron chi connectivity index (χ0n) is 19.5. The maximum absolute atomic E-state index is 14.9. The first-order valence-corrected chi connectivity index (χ1v) is 11.4. The van der Waals surface area contributed by atoms with Gasteiger partial charge in [-0.15, -0.1) is 0 Å². The molecule has 1 amide bonds. The van der Waals surface area contributed by atoms with Gasteiger partial charge in [0.2, 0.25) is 5.95 Å². The highest BCUT2D eigenvalue weighted by atomic mass is 19.1. The van der Waals surface area contributed by atoms with E-state index in [0.29, 0.717) is 40.9 Å². The van der Waals surface area contributed by atoms with Gasteiger partial charge in [-0.1, -0.05) is 19.9 Å². The molecule has 0 spiro atoms. The molecule has 0 radical (unpaired) electrons. The zero-order valence-corrected chi connectivity index (χ0v) is 19.5. The summed E-state index contributed by atoms with van der Waals surface area (Å²) in [4.78, 5) is 31.1. The highest BCUT2D eigenvalue weighted by Crippen LogP contribution is 2.39. The Morgan fingerprint density at radius 1 is 1.24 bits per heavy atom. The van der Waals surface area contributed by atoms with E-state index < -0.39 is 5.82 Å². The smallest absolute Gasteiger partial charge is 0.260 e. The van der Waals surface area contributed by atoms with Crippen molar-refractivity contribution in [3.8, 4) is 17.0 Å². The molecule has 2 N–H and O–H groups in total. The predicted octanol–water partition coefficient (Wildman–Crippen LogP) is 3.51. The number of pyridine rings is 1. The summed E-state index contributed by atoms with van der Waals surface area (Å²) in [6.45, 7) is 5.79. The van der Waals surface area contributed by atoms with E-state index in [4.69, 9.17) is 20.4 Å². The molecule has 176 valence electrons. The lowest BCUT2D eigenvalue weighted by atomic mass is 10.0. The minimum Gasteiger partial charge on any atom is -0.496 e. The number of methoxy groups -OCH3 is 1. The Morgan fingerprint density at radius 2 is 2.06 bits per heavy atom. The summed E-state index contributed by atoms with van der Waals surface area (Å²) in [6.07, 6.45) is 2.40. The van der Waals surface area contributed by atoms with Gasteiger partial charge in [0, 0.05) is 42.5 Å². The lowest BCUT2D eigenvalue weighted by Crippen LogP contribution is -2.29. The van der Waals surface area contributed by atoms with Gasteiger partial charge in [-0.05, 0) is 30.5 Å². The molecule has 1 fully saturated rings. The minimum atomic E-state index is -0.456. The fourth-order valence-corrected chi connectivity index (χ4v) is 4.52. The van der Waals surface area contributed by atoms with Gasteiger partial charge in [0.25, 0.3) is 5.91 Å². The molecule has 1 aromatic carbocycles. The summed E-state index contributed by atoms with van der Waals surface area (Å²) >= 11 is 0. The van der Waals surface area contributed by atoms with E-state index in [1.54, 1.807) is 23.1 Å². The number of nitrogens with zero attached hydrogens (tertiary/aromatic N) is 5. The quantitative estimate of drug-likeness (QED) is 0.620. The molecule has 0 bridgehead atoms. The maximum Gasteiger partial charge on any atom is 0.260 e. The molecule has 8 nitrogen and oxygen atoms in total. The van der Waals surface area contributed by atoms with Crippen LogP contribution in [0.15, 0.2) is 36.5 Å². The summed E-state index contributed by atoms with van der Waals surface area (Å²) in [5.74, 6) is 0.948. The normalized spacial score (nSPS) is 17.6. The number of hydrogen-bond acceptors (Lipinski definition) is 7. The van der Waals surface area contributed by atoms with Crippen LogP contribution in [-0.2, 0) is 6.54 Å². The second-order valence-corrected chi connectivity index (χ2v) is 8.99.